The van der Waals surface area contributed by atoms with Crippen molar-refractivity contribution in [2.75, 3.05) is 19.6 Å². The van der Waals surface area contributed by atoms with Gasteiger partial charge in [-0.15, -0.1) is 10.2 Å². The fraction of sp³-hybridized carbons (Fsp3) is 0.240. The highest BCUT2D eigenvalue weighted by Gasteiger charge is 2.19. The van der Waals surface area contributed by atoms with E-state index in [-0.39, 0.29) is 11.8 Å². The summed E-state index contributed by atoms with van der Waals surface area (Å²) >= 11 is 0. The van der Waals surface area contributed by atoms with Gasteiger partial charge < -0.3 is 10.2 Å². The van der Waals surface area contributed by atoms with E-state index in [2.05, 4.69) is 20.5 Å². The zero-order chi connectivity index (χ0) is 22.6. The first-order valence-electron chi connectivity index (χ1n) is 11.1. The monoisotopic (exact) mass is 440 g/mol. The third-order valence-electron chi connectivity index (χ3n) is 5.83. The second-order valence-corrected chi connectivity index (χ2v) is 8.06. The van der Waals surface area contributed by atoms with Crippen molar-refractivity contribution in [1.29, 1.82) is 0 Å². The lowest BCUT2D eigenvalue weighted by Gasteiger charge is -2.15. The van der Waals surface area contributed by atoms with Crippen LogP contribution in [-0.4, -0.2) is 55.9 Å². The number of nitrogens with one attached hydrogen (secondary N) is 1. The number of nitrogens with zero attached hydrogens (tertiary/aromatic N) is 5. The molecule has 0 bridgehead atoms. The van der Waals surface area contributed by atoms with Crippen molar-refractivity contribution in [1.82, 2.24) is 29.8 Å². The van der Waals surface area contributed by atoms with Crippen LogP contribution in [-0.2, 0) is 4.79 Å². The van der Waals surface area contributed by atoms with E-state index in [4.69, 9.17) is 0 Å². The molecule has 3 heterocycles. The summed E-state index contributed by atoms with van der Waals surface area (Å²) in [7, 11) is 0. The number of carbonyl (C=O) groups excluding carboxylic acids is 2. The van der Waals surface area contributed by atoms with Crippen molar-refractivity contribution in [3.05, 3.63) is 72.6 Å². The Morgan fingerprint density at radius 2 is 1.82 bits per heavy atom. The topological polar surface area (TPSA) is 92.5 Å². The van der Waals surface area contributed by atoms with E-state index in [9.17, 15) is 9.59 Å². The number of hydrogen-bond acceptors (Lipinski definition) is 5. The van der Waals surface area contributed by atoms with Gasteiger partial charge >= 0.3 is 0 Å². The van der Waals surface area contributed by atoms with Gasteiger partial charge in [0.25, 0.3) is 5.91 Å². The number of amides is 2. The summed E-state index contributed by atoms with van der Waals surface area (Å²) in [5, 5.41) is 11.5. The molecule has 0 unspecified atom stereocenters. The minimum absolute atomic E-state index is 0.129. The number of rotatable bonds is 7. The average Bonchev–Trinajstić information content (AvgIpc) is 3.47. The molecule has 166 valence electrons. The van der Waals surface area contributed by atoms with Crippen molar-refractivity contribution in [2.45, 2.75) is 19.3 Å². The van der Waals surface area contributed by atoms with Crippen molar-refractivity contribution in [3.63, 3.8) is 0 Å². The Hall–Kier alpha value is -4.07. The second-order valence-electron chi connectivity index (χ2n) is 8.06. The van der Waals surface area contributed by atoms with E-state index >= 15 is 0 Å². The van der Waals surface area contributed by atoms with Gasteiger partial charge in [-0.25, -0.2) is 0 Å². The Bertz CT molecular complexity index is 1280. The number of benzene rings is 2. The molecule has 2 aromatic heterocycles. The maximum absolute atomic E-state index is 12.5. The summed E-state index contributed by atoms with van der Waals surface area (Å²) in [6.07, 6.45) is 5.95. The maximum Gasteiger partial charge on any atom is 0.251 e. The first kappa shape index (κ1) is 20.8. The van der Waals surface area contributed by atoms with Crippen molar-refractivity contribution >= 4 is 17.5 Å². The van der Waals surface area contributed by atoms with Gasteiger partial charge in [0.1, 0.15) is 0 Å². The molecule has 33 heavy (non-hydrogen) atoms. The van der Waals surface area contributed by atoms with E-state index < -0.39 is 0 Å². The molecule has 0 radical (unpaired) electrons. The van der Waals surface area contributed by atoms with Gasteiger partial charge in [0.2, 0.25) is 5.91 Å². The SMILES string of the molecule is O=C(NCCCN1CCCC1=O)c1ccc(-c2nnc3cnc(-c4ccccc4)cn23)cc1. The van der Waals surface area contributed by atoms with E-state index in [1.807, 2.05) is 58.0 Å². The minimum Gasteiger partial charge on any atom is -0.352 e. The Morgan fingerprint density at radius 1 is 1.00 bits per heavy atom. The third-order valence-corrected chi connectivity index (χ3v) is 5.83. The number of likely N-dealkylation sites (tertiary alicyclic amines) is 1. The van der Waals surface area contributed by atoms with Crippen LogP contribution in [0.2, 0.25) is 0 Å². The zero-order valence-electron chi connectivity index (χ0n) is 18.1. The lowest BCUT2D eigenvalue weighted by molar-refractivity contribution is -0.127. The van der Waals surface area contributed by atoms with Crippen LogP contribution in [0.5, 0.6) is 0 Å². The molecule has 2 amide bonds. The van der Waals surface area contributed by atoms with Crippen LogP contribution < -0.4 is 5.32 Å². The predicted molar refractivity (Wildman–Crippen MR) is 124 cm³/mol. The lowest BCUT2D eigenvalue weighted by atomic mass is 10.1. The first-order chi connectivity index (χ1) is 16.2. The average molecular weight is 441 g/mol. The molecule has 0 atom stereocenters. The highest BCUT2D eigenvalue weighted by Crippen LogP contribution is 2.22. The Labute approximate surface area is 191 Å². The first-order valence-corrected chi connectivity index (χ1v) is 11.1. The van der Waals surface area contributed by atoms with Crippen LogP contribution in [0.15, 0.2) is 67.0 Å². The molecule has 1 fully saturated rings. The van der Waals surface area contributed by atoms with Gasteiger partial charge in [0, 0.05) is 48.9 Å². The lowest BCUT2D eigenvalue weighted by Crippen LogP contribution is -2.30. The highest BCUT2D eigenvalue weighted by atomic mass is 16.2. The number of aromatic nitrogens is 4. The molecule has 1 saturated heterocycles. The quantitative estimate of drug-likeness (QED) is 0.446. The summed E-state index contributed by atoms with van der Waals surface area (Å²) in [4.78, 5) is 30.5. The largest absolute Gasteiger partial charge is 0.352 e. The molecule has 1 aliphatic rings. The fourth-order valence-corrected chi connectivity index (χ4v) is 4.04. The van der Waals surface area contributed by atoms with Crippen molar-refractivity contribution in [3.8, 4) is 22.6 Å². The number of fused-ring (bicyclic) bond motifs is 1. The zero-order valence-corrected chi connectivity index (χ0v) is 18.1. The second kappa shape index (κ2) is 9.20. The summed E-state index contributed by atoms with van der Waals surface area (Å²) in [5.74, 6) is 0.771. The van der Waals surface area contributed by atoms with Gasteiger partial charge in [-0.1, -0.05) is 42.5 Å². The molecule has 0 spiro atoms. The van der Waals surface area contributed by atoms with E-state index in [1.54, 1.807) is 18.3 Å². The molecule has 5 rings (SSSR count). The molecule has 8 nitrogen and oxygen atoms in total. The molecule has 8 heteroatoms. The standard InChI is InChI=1S/C25H24N6O2/c32-23-8-4-14-30(23)15-5-13-26-25(33)20-11-9-19(10-12-20)24-29-28-22-16-27-21(17-31(22)24)18-6-2-1-3-7-18/h1-3,6-7,9-12,16-17H,4-5,8,13-15H2,(H,26,33). The molecule has 0 saturated carbocycles. The van der Waals surface area contributed by atoms with Crippen LogP contribution in [0.4, 0.5) is 0 Å². The maximum atomic E-state index is 12.5. The fourth-order valence-electron chi connectivity index (χ4n) is 4.04. The summed E-state index contributed by atoms with van der Waals surface area (Å²) in [5.41, 5.74) is 3.94. The van der Waals surface area contributed by atoms with Gasteiger partial charge in [0.15, 0.2) is 11.5 Å². The van der Waals surface area contributed by atoms with Crippen molar-refractivity contribution in [2.24, 2.45) is 0 Å². The normalized spacial score (nSPS) is 13.6. The predicted octanol–water partition coefficient (Wildman–Crippen LogP) is 3.20. The highest BCUT2D eigenvalue weighted by molar-refractivity contribution is 5.94. The van der Waals surface area contributed by atoms with Gasteiger partial charge in [0.05, 0.1) is 11.9 Å². The molecular weight excluding hydrogens is 416 g/mol. The van der Waals surface area contributed by atoms with Crippen LogP contribution in [0, 0.1) is 0 Å². The number of carbonyl (C=O) groups is 2. The van der Waals surface area contributed by atoms with Crippen molar-refractivity contribution < 1.29 is 9.59 Å². The summed E-state index contributed by atoms with van der Waals surface area (Å²) < 4.78 is 1.91. The van der Waals surface area contributed by atoms with Gasteiger partial charge in [-0.3, -0.25) is 19.0 Å². The smallest absolute Gasteiger partial charge is 0.251 e. The van der Waals surface area contributed by atoms with Crippen LogP contribution >= 0.6 is 0 Å². The molecule has 0 aliphatic carbocycles. The summed E-state index contributed by atoms with van der Waals surface area (Å²) in [6, 6.07) is 17.3. The molecule has 1 N–H and O–H groups in total. The third kappa shape index (κ3) is 4.45. The Morgan fingerprint density at radius 3 is 2.58 bits per heavy atom. The van der Waals surface area contributed by atoms with Gasteiger partial charge in [-0.05, 0) is 25.0 Å². The molecule has 4 aromatic rings. The minimum atomic E-state index is -0.129. The van der Waals surface area contributed by atoms with E-state index in [1.165, 1.54) is 0 Å². The van der Waals surface area contributed by atoms with Crippen LogP contribution in [0.3, 0.4) is 0 Å². The van der Waals surface area contributed by atoms with E-state index in [0.717, 1.165) is 36.2 Å². The Kier molecular flexibility index (Phi) is 5.80. The number of hydrogen-bond donors (Lipinski definition) is 1. The Balaban J connectivity index is 1.26. The van der Waals surface area contributed by atoms with E-state index in [0.29, 0.717) is 36.5 Å². The summed E-state index contributed by atoms with van der Waals surface area (Å²) in [6.45, 7) is 2.06. The molecule has 2 aromatic carbocycles. The van der Waals surface area contributed by atoms with Gasteiger partial charge in [-0.2, -0.15) is 0 Å². The van der Waals surface area contributed by atoms with Crippen LogP contribution in [0.25, 0.3) is 28.3 Å². The molecule has 1 aliphatic heterocycles. The van der Waals surface area contributed by atoms with Crippen LogP contribution in [0.1, 0.15) is 29.6 Å². The molecular formula is C25H24N6O2.